The number of halogens is 1. The van der Waals surface area contributed by atoms with Gasteiger partial charge in [-0.15, -0.1) is 0 Å². The number of nitrogens with zero attached hydrogens (tertiary/aromatic N) is 2. The molecule has 0 aliphatic carbocycles. The predicted molar refractivity (Wildman–Crippen MR) is 64.3 cm³/mol. The maximum absolute atomic E-state index is 5.94. The zero-order valence-corrected chi connectivity index (χ0v) is 10.7. The third-order valence-corrected chi connectivity index (χ3v) is 2.77. The van der Waals surface area contributed by atoms with Crippen LogP contribution < -0.4 is 5.32 Å². The van der Waals surface area contributed by atoms with E-state index in [-0.39, 0.29) is 0 Å². The monoisotopic (exact) mass is 229 g/mol. The molecule has 1 heterocycles. The van der Waals surface area contributed by atoms with E-state index in [0.29, 0.717) is 12.0 Å². The van der Waals surface area contributed by atoms with Gasteiger partial charge in [-0.2, -0.15) is 5.10 Å². The number of aromatic nitrogens is 2. The standard InChI is InChI=1S/C11H20ClN3/c1-8(2)13-5-9(3)7-15-10(4)11(12)6-14-15/h6,8-9,13H,5,7H2,1-4H3. The van der Waals surface area contributed by atoms with E-state index in [1.807, 2.05) is 11.6 Å². The van der Waals surface area contributed by atoms with Gasteiger partial charge < -0.3 is 5.32 Å². The maximum atomic E-state index is 5.94. The van der Waals surface area contributed by atoms with Crippen molar-refractivity contribution >= 4 is 11.6 Å². The lowest BCUT2D eigenvalue weighted by Gasteiger charge is -2.15. The van der Waals surface area contributed by atoms with E-state index in [2.05, 4.69) is 31.2 Å². The lowest BCUT2D eigenvalue weighted by atomic mass is 10.1. The number of hydrogen-bond acceptors (Lipinski definition) is 2. The Hall–Kier alpha value is -0.540. The Kier molecular flexibility index (Phi) is 4.61. The SMILES string of the molecule is Cc1c(Cl)cnn1CC(C)CNC(C)C. The number of rotatable bonds is 5. The number of hydrogen-bond donors (Lipinski definition) is 1. The highest BCUT2D eigenvalue weighted by atomic mass is 35.5. The zero-order chi connectivity index (χ0) is 11.4. The van der Waals surface area contributed by atoms with E-state index in [1.165, 1.54) is 0 Å². The third kappa shape index (κ3) is 3.84. The molecule has 0 aliphatic heterocycles. The predicted octanol–water partition coefficient (Wildman–Crippen LogP) is 2.48. The fourth-order valence-electron chi connectivity index (χ4n) is 1.40. The summed E-state index contributed by atoms with van der Waals surface area (Å²) >= 11 is 5.94. The number of nitrogens with one attached hydrogen (secondary N) is 1. The van der Waals surface area contributed by atoms with Crippen LogP contribution in [0.4, 0.5) is 0 Å². The smallest absolute Gasteiger partial charge is 0.0814 e. The molecule has 1 unspecified atom stereocenters. The molecule has 0 bridgehead atoms. The molecule has 1 aromatic heterocycles. The topological polar surface area (TPSA) is 29.9 Å². The van der Waals surface area contributed by atoms with Gasteiger partial charge >= 0.3 is 0 Å². The second kappa shape index (κ2) is 5.52. The van der Waals surface area contributed by atoms with Crippen LogP contribution in [0, 0.1) is 12.8 Å². The Balaban J connectivity index is 2.44. The van der Waals surface area contributed by atoms with E-state index < -0.39 is 0 Å². The molecule has 0 aliphatic rings. The van der Waals surface area contributed by atoms with Gasteiger partial charge in [0.05, 0.1) is 16.9 Å². The van der Waals surface area contributed by atoms with Crippen molar-refractivity contribution in [3.63, 3.8) is 0 Å². The molecular weight excluding hydrogens is 210 g/mol. The van der Waals surface area contributed by atoms with Gasteiger partial charge in [0.15, 0.2) is 0 Å². The highest BCUT2D eigenvalue weighted by Crippen LogP contribution is 2.14. The van der Waals surface area contributed by atoms with Crippen LogP contribution in [0.3, 0.4) is 0 Å². The molecule has 0 saturated carbocycles. The molecule has 0 fully saturated rings. The molecule has 3 nitrogen and oxygen atoms in total. The largest absolute Gasteiger partial charge is 0.314 e. The van der Waals surface area contributed by atoms with Crippen LogP contribution in [0.5, 0.6) is 0 Å². The minimum absolute atomic E-state index is 0.537. The summed E-state index contributed by atoms with van der Waals surface area (Å²) in [4.78, 5) is 0. The summed E-state index contributed by atoms with van der Waals surface area (Å²) in [5.74, 6) is 0.557. The first-order chi connectivity index (χ1) is 7.00. The fraction of sp³-hybridized carbons (Fsp3) is 0.727. The normalized spacial score (nSPS) is 13.5. The first-order valence-electron chi connectivity index (χ1n) is 5.42. The lowest BCUT2D eigenvalue weighted by Crippen LogP contribution is -2.30. The molecule has 0 amide bonds. The van der Waals surface area contributed by atoms with Crippen molar-refractivity contribution < 1.29 is 0 Å². The molecule has 0 radical (unpaired) electrons. The van der Waals surface area contributed by atoms with Crippen LogP contribution in [0.2, 0.25) is 5.02 Å². The van der Waals surface area contributed by atoms with Gasteiger partial charge in [-0.05, 0) is 19.4 Å². The molecular formula is C11H20ClN3. The van der Waals surface area contributed by atoms with Crippen molar-refractivity contribution in [1.82, 2.24) is 15.1 Å². The zero-order valence-electron chi connectivity index (χ0n) is 9.92. The van der Waals surface area contributed by atoms with Crippen LogP contribution in [-0.2, 0) is 6.54 Å². The van der Waals surface area contributed by atoms with E-state index >= 15 is 0 Å². The van der Waals surface area contributed by atoms with Crippen molar-refractivity contribution in [2.75, 3.05) is 6.54 Å². The second-order valence-corrected chi connectivity index (χ2v) is 4.84. The van der Waals surface area contributed by atoms with Gasteiger partial charge in [0.1, 0.15) is 0 Å². The Morgan fingerprint density at radius 1 is 1.47 bits per heavy atom. The van der Waals surface area contributed by atoms with Crippen molar-refractivity contribution in [2.45, 2.75) is 40.3 Å². The Morgan fingerprint density at radius 3 is 2.60 bits per heavy atom. The van der Waals surface area contributed by atoms with E-state index in [0.717, 1.165) is 23.8 Å². The molecule has 1 rings (SSSR count). The molecule has 15 heavy (non-hydrogen) atoms. The summed E-state index contributed by atoms with van der Waals surface area (Å²) in [7, 11) is 0. The Labute approximate surface area is 96.8 Å². The van der Waals surface area contributed by atoms with E-state index in [1.54, 1.807) is 6.20 Å². The molecule has 0 saturated heterocycles. The highest BCUT2D eigenvalue weighted by Gasteiger charge is 2.08. The summed E-state index contributed by atoms with van der Waals surface area (Å²) in [5, 5.41) is 8.41. The molecule has 1 atom stereocenters. The second-order valence-electron chi connectivity index (χ2n) is 4.43. The average Bonchev–Trinajstić information content (AvgIpc) is 2.47. The maximum Gasteiger partial charge on any atom is 0.0814 e. The summed E-state index contributed by atoms with van der Waals surface area (Å²) < 4.78 is 1.97. The van der Waals surface area contributed by atoms with Crippen molar-refractivity contribution in [2.24, 2.45) is 5.92 Å². The molecule has 0 aromatic carbocycles. The van der Waals surface area contributed by atoms with Gasteiger partial charge in [-0.25, -0.2) is 0 Å². The molecule has 0 spiro atoms. The molecule has 1 N–H and O–H groups in total. The van der Waals surface area contributed by atoms with Gasteiger partial charge in [0.25, 0.3) is 0 Å². The van der Waals surface area contributed by atoms with Gasteiger partial charge in [-0.1, -0.05) is 32.4 Å². The van der Waals surface area contributed by atoms with Crippen LogP contribution in [-0.4, -0.2) is 22.4 Å². The van der Waals surface area contributed by atoms with Gasteiger partial charge in [-0.3, -0.25) is 4.68 Å². The summed E-state index contributed by atoms with van der Waals surface area (Å²) in [6, 6.07) is 0.537. The highest BCUT2D eigenvalue weighted by molar-refractivity contribution is 6.31. The minimum atomic E-state index is 0.537. The summed E-state index contributed by atoms with van der Waals surface area (Å²) in [6.45, 7) is 10.4. The third-order valence-electron chi connectivity index (χ3n) is 2.40. The summed E-state index contributed by atoms with van der Waals surface area (Å²) in [6.07, 6.45) is 1.71. The van der Waals surface area contributed by atoms with Crippen LogP contribution in [0.15, 0.2) is 6.20 Å². The molecule has 1 aromatic rings. The molecule has 4 heteroatoms. The van der Waals surface area contributed by atoms with Crippen molar-refractivity contribution in [3.8, 4) is 0 Å². The Morgan fingerprint density at radius 2 is 2.13 bits per heavy atom. The van der Waals surface area contributed by atoms with E-state index in [9.17, 15) is 0 Å². The lowest BCUT2D eigenvalue weighted by molar-refractivity contribution is 0.402. The average molecular weight is 230 g/mol. The van der Waals surface area contributed by atoms with Crippen LogP contribution >= 0.6 is 11.6 Å². The van der Waals surface area contributed by atoms with Crippen LogP contribution in [0.1, 0.15) is 26.5 Å². The first kappa shape index (κ1) is 12.5. The first-order valence-corrected chi connectivity index (χ1v) is 5.79. The molecule has 86 valence electrons. The fourth-order valence-corrected chi connectivity index (χ4v) is 1.55. The minimum Gasteiger partial charge on any atom is -0.314 e. The van der Waals surface area contributed by atoms with Crippen molar-refractivity contribution in [3.05, 3.63) is 16.9 Å². The van der Waals surface area contributed by atoms with Gasteiger partial charge in [0.2, 0.25) is 0 Å². The van der Waals surface area contributed by atoms with Crippen molar-refractivity contribution in [1.29, 1.82) is 0 Å². The quantitative estimate of drug-likeness (QED) is 0.841. The summed E-state index contributed by atoms with van der Waals surface area (Å²) in [5.41, 5.74) is 1.05. The van der Waals surface area contributed by atoms with Crippen LogP contribution in [0.25, 0.3) is 0 Å². The van der Waals surface area contributed by atoms with E-state index in [4.69, 9.17) is 11.6 Å². The Bertz CT molecular complexity index is 307. The van der Waals surface area contributed by atoms with Gasteiger partial charge in [0, 0.05) is 12.6 Å².